The Balaban J connectivity index is 0.000000711. The highest BCUT2D eigenvalue weighted by Gasteiger charge is 2.15. The Morgan fingerprint density at radius 3 is 2.47 bits per heavy atom. The van der Waals surface area contributed by atoms with Crippen LogP contribution in [0.15, 0.2) is 18.2 Å². The van der Waals surface area contributed by atoms with Crippen LogP contribution < -0.4 is 10.6 Å². The molecule has 3 nitrogen and oxygen atoms in total. The first-order valence-corrected chi connectivity index (χ1v) is 5.57. The van der Waals surface area contributed by atoms with E-state index in [-0.39, 0.29) is 1.43 Å². The Morgan fingerprint density at radius 1 is 1.33 bits per heavy atom. The number of hydrogen-bond acceptors (Lipinski definition) is 3. The normalized spacial score (nSPS) is 14.3. The largest absolute Gasteiger partial charge is 0.356 e. The van der Waals surface area contributed by atoms with Crippen LogP contribution in [-0.4, -0.2) is 25.1 Å². The molecule has 15 heavy (non-hydrogen) atoms. The molecule has 0 unspecified atom stereocenters. The number of pyridine rings is 1. The van der Waals surface area contributed by atoms with Gasteiger partial charge < -0.3 is 10.6 Å². The molecule has 0 spiro atoms. The van der Waals surface area contributed by atoms with Crippen molar-refractivity contribution in [3.05, 3.63) is 23.9 Å². The number of aromatic nitrogens is 1. The summed E-state index contributed by atoms with van der Waals surface area (Å²) < 4.78 is 0. The molecule has 2 heterocycles. The van der Waals surface area contributed by atoms with E-state index in [1.165, 1.54) is 32.3 Å². The second-order valence-corrected chi connectivity index (χ2v) is 3.92. The predicted molar refractivity (Wildman–Crippen MR) is 67.4 cm³/mol. The van der Waals surface area contributed by atoms with Crippen LogP contribution in [0.4, 0.5) is 5.82 Å². The average Bonchev–Trinajstić information content (AvgIpc) is 2.19. The summed E-state index contributed by atoms with van der Waals surface area (Å²) in [5.41, 5.74) is 5.70. The fraction of sp³-hybridized carbons (Fsp3) is 0.583. The second kappa shape index (κ2) is 5.71. The third-order valence-corrected chi connectivity index (χ3v) is 2.53. The van der Waals surface area contributed by atoms with Crippen molar-refractivity contribution in [1.82, 2.24) is 4.98 Å². The van der Waals surface area contributed by atoms with Gasteiger partial charge in [0.15, 0.2) is 0 Å². The van der Waals surface area contributed by atoms with E-state index < -0.39 is 0 Å². The van der Waals surface area contributed by atoms with Gasteiger partial charge in [-0.25, -0.2) is 4.98 Å². The molecule has 86 valence electrons. The molecule has 1 aliphatic rings. The SMILES string of the molecule is CC(C)c1cccc(N2CCC2)n1.CN.[HH]. The zero-order valence-electron chi connectivity index (χ0n) is 9.90. The van der Waals surface area contributed by atoms with Crippen LogP contribution in [0.2, 0.25) is 0 Å². The van der Waals surface area contributed by atoms with Crippen molar-refractivity contribution in [3.63, 3.8) is 0 Å². The molecule has 0 aromatic carbocycles. The molecule has 0 saturated carbocycles. The average molecular weight is 209 g/mol. The van der Waals surface area contributed by atoms with Gasteiger partial charge in [-0.2, -0.15) is 0 Å². The molecule has 1 aliphatic heterocycles. The fourth-order valence-corrected chi connectivity index (χ4v) is 1.48. The van der Waals surface area contributed by atoms with Gasteiger partial charge in [-0.3, -0.25) is 0 Å². The summed E-state index contributed by atoms with van der Waals surface area (Å²) in [6.07, 6.45) is 1.31. The minimum Gasteiger partial charge on any atom is -0.356 e. The van der Waals surface area contributed by atoms with Crippen LogP contribution in [0, 0.1) is 0 Å². The van der Waals surface area contributed by atoms with Gasteiger partial charge in [0.1, 0.15) is 5.82 Å². The van der Waals surface area contributed by atoms with Gasteiger partial charge >= 0.3 is 0 Å². The highest BCUT2D eigenvalue weighted by molar-refractivity contribution is 5.41. The van der Waals surface area contributed by atoms with Crippen molar-refractivity contribution in [2.24, 2.45) is 5.73 Å². The molecule has 0 bridgehead atoms. The molecule has 0 aliphatic carbocycles. The van der Waals surface area contributed by atoms with Crippen LogP contribution in [0.5, 0.6) is 0 Å². The summed E-state index contributed by atoms with van der Waals surface area (Å²) in [6, 6.07) is 6.31. The van der Waals surface area contributed by atoms with Crippen LogP contribution in [0.1, 0.15) is 33.3 Å². The molecule has 1 aromatic heterocycles. The maximum atomic E-state index is 4.62. The summed E-state index contributed by atoms with van der Waals surface area (Å²) >= 11 is 0. The number of nitrogens with zero attached hydrogens (tertiary/aromatic N) is 2. The summed E-state index contributed by atoms with van der Waals surface area (Å²) in [6.45, 7) is 6.72. The van der Waals surface area contributed by atoms with Crippen molar-refractivity contribution < 1.29 is 1.43 Å². The summed E-state index contributed by atoms with van der Waals surface area (Å²) in [7, 11) is 1.50. The van der Waals surface area contributed by atoms with Gasteiger partial charge in [0.25, 0.3) is 0 Å². The standard InChI is InChI=1S/C11H16N2.CH5N.H2/c1-9(2)10-5-3-6-11(12-10)13-7-4-8-13;1-2;/h3,5-6,9H,4,7-8H2,1-2H3;2H2,1H3;1H. The van der Waals surface area contributed by atoms with E-state index in [4.69, 9.17) is 0 Å². The molecular formula is C12H23N3. The highest BCUT2D eigenvalue weighted by Crippen LogP contribution is 2.20. The summed E-state index contributed by atoms with van der Waals surface area (Å²) in [4.78, 5) is 6.95. The molecule has 0 radical (unpaired) electrons. The third kappa shape index (κ3) is 2.93. The molecule has 0 amide bonds. The third-order valence-electron chi connectivity index (χ3n) is 2.53. The number of rotatable bonds is 2. The van der Waals surface area contributed by atoms with Crippen LogP contribution in [-0.2, 0) is 0 Å². The molecular weight excluding hydrogens is 186 g/mol. The molecule has 1 saturated heterocycles. The first-order chi connectivity index (χ1) is 7.27. The lowest BCUT2D eigenvalue weighted by molar-refractivity contribution is 0.607. The summed E-state index contributed by atoms with van der Waals surface area (Å²) in [5, 5.41) is 0. The monoisotopic (exact) mass is 209 g/mol. The molecule has 2 rings (SSSR count). The van der Waals surface area contributed by atoms with Gasteiger partial charge in [0.05, 0.1) is 0 Å². The van der Waals surface area contributed by atoms with Crippen LogP contribution in [0.3, 0.4) is 0 Å². The van der Waals surface area contributed by atoms with E-state index in [1.54, 1.807) is 0 Å². The van der Waals surface area contributed by atoms with Crippen molar-refractivity contribution in [2.45, 2.75) is 26.2 Å². The molecule has 1 fully saturated rings. The number of hydrogen-bond donors (Lipinski definition) is 1. The van der Waals surface area contributed by atoms with Crippen molar-refractivity contribution in [3.8, 4) is 0 Å². The topological polar surface area (TPSA) is 42.2 Å². The lowest BCUT2D eigenvalue weighted by Crippen LogP contribution is -2.37. The minimum absolute atomic E-state index is 0. The second-order valence-electron chi connectivity index (χ2n) is 3.92. The quantitative estimate of drug-likeness (QED) is 0.812. The number of anilines is 1. The first kappa shape index (κ1) is 12.0. The van der Waals surface area contributed by atoms with Gasteiger partial charge in [0, 0.05) is 20.2 Å². The maximum Gasteiger partial charge on any atom is 0.128 e. The van der Waals surface area contributed by atoms with Gasteiger partial charge in [-0.05, 0) is 31.5 Å². The van der Waals surface area contributed by atoms with E-state index in [0.29, 0.717) is 5.92 Å². The Bertz CT molecular complexity index is 298. The predicted octanol–water partition coefficient (Wildman–Crippen LogP) is 2.24. The zero-order chi connectivity index (χ0) is 11.3. The lowest BCUT2D eigenvalue weighted by Gasteiger charge is -2.32. The number of nitrogens with two attached hydrogens (primary N) is 1. The molecule has 3 heteroatoms. The minimum atomic E-state index is 0. The van der Waals surface area contributed by atoms with E-state index in [1.807, 2.05) is 0 Å². The highest BCUT2D eigenvalue weighted by atomic mass is 15.2. The van der Waals surface area contributed by atoms with Crippen LogP contribution in [0.25, 0.3) is 0 Å². The smallest absolute Gasteiger partial charge is 0.128 e. The van der Waals surface area contributed by atoms with Gasteiger partial charge in [-0.15, -0.1) is 0 Å². The Morgan fingerprint density at radius 2 is 2.00 bits per heavy atom. The Labute approximate surface area is 93.8 Å². The van der Waals surface area contributed by atoms with E-state index >= 15 is 0 Å². The molecule has 2 N–H and O–H groups in total. The van der Waals surface area contributed by atoms with Crippen LogP contribution >= 0.6 is 0 Å². The Kier molecular flexibility index (Phi) is 4.56. The molecule has 1 aromatic rings. The van der Waals surface area contributed by atoms with Gasteiger partial charge in [-0.1, -0.05) is 19.9 Å². The zero-order valence-corrected chi connectivity index (χ0v) is 9.90. The Hall–Kier alpha value is -1.09. The van der Waals surface area contributed by atoms with E-state index in [9.17, 15) is 0 Å². The van der Waals surface area contributed by atoms with E-state index in [2.05, 4.69) is 47.7 Å². The lowest BCUT2D eigenvalue weighted by atomic mass is 10.1. The molecule has 0 atom stereocenters. The maximum absolute atomic E-state index is 4.62. The van der Waals surface area contributed by atoms with Gasteiger partial charge in [0.2, 0.25) is 0 Å². The fourth-order valence-electron chi connectivity index (χ4n) is 1.48. The van der Waals surface area contributed by atoms with Crippen molar-refractivity contribution in [1.29, 1.82) is 0 Å². The summed E-state index contributed by atoms with van der Waals surface area (Å²) in [5.74, 6) is 1.68. The van der Waals surface area contributed by atoms with Crippen molar-refractivity contribution in [2.75, 3.05) is 25.0 Å². The van der Waals surface area contributed by atoms with E-state index in [0.717, 1.165) is 5.82 Å². The first-order valence-electron chi connectivity index (χ1n) is 5.57. The van der Waals surface area contributed by atoms with Crippen molar-refractivity contribution >= 4 is 5.82 Å².